The highest BCUT2D eigenvalue weighted by molar-refractivity contribution is 6.33. The van der Waals surface area contributed by atoms with Gasteiger partial charge in [0, 0.05) is 34.1 Å². The van der Waals surface area contributed by atoms with Crippen molar-refractivity contribution in [3.8, 4) is 16.8 Å². The zero-order chi connectivity index (χ0) is 14.8. The molecule has 0 aliphatic rings. The lowest BCUT2D eigenvalue weighted by Crippen LogP contribution is -2.16. The third kappa shape index (κ3) is 2.76. The Kier molecular flexibility index (Phi) is 3.63. The molecule has 2 nitrogen and oxygen atoms in total. The second kappa shape index (κ2) is 5.58. The highest BCUT2D eigenvalue weighted by Gasteiger charge is 2.06. The molecule has 0 aliphatic heterocycles. The molecule has 0 fully saturated rings. The average Bonchev–Trinajstić information content (AvgIpc) is 2.48. The van der Waals surface area contributed by atoms with Gasteiger partial charge in [-0.15, -0.1) is 0 Å². The van der Waals surface area contributed by atoms with Gasteiger partial charge in [0.05, 0.1) is 0 Å². The van der Waals surface area contributed by atoms with Crippen molar-refractivity contribution in [1.82, 2.24) is 4.57 Å². The summed E-state index contributed by atoms with van der Waals surface area (Å²) in [5, 5.41) is 0.673. The maximum atomic E-state index is 12.1. The first-order valence-corrected chi connectivity index (χ1v) is 7.07. The van der Waals surface area contributed by atoms with E-state index in [9.17, 15) is 4.79 Å². The highest BCUT2D eigenvalue weighted by Crippen LogP contribution is 2.27. The van der Waals surface area contributed by atoms with Gasteiger partial charge in [-0.1, -0.05) is 41.9 Å². The molecule has 0 spiro atoms. The van der Waals surface area contributed by atoms with Crippen LogP contribution in [-0.4, -0.2) is 4.57 Å². The Balaban J connectivity index is 2.18. The van der Waals surface area contributed by atoms with Crippen LogP contribution in [0, 0.1) is 6.92 Å². The molecule has 0 saturated heterocycles. The molecule has 0 aliphatic carbocycles. The van der Waals surface area contributed by atoms with E-state index in [0.29, 0.717) is 5.02 Å². The van der Waals surface area contributed by atoms with Crippen LogP contribution < -0.4 is 5.56 Å². The van der Waals surface area contributed by atoms with E-state index in [1.165, 1.54) is 0 Å². The van der Waals surface area contributed by atoms with Crippen LogP contribution in [0.5, 0.6) is 0 Å². The summed E-state index contributed by atoms with van der Waals surface area (Å²) in [6.45, 7) is 2.01. The predicted octanol–water partition coefficient (Wildman–Crippen LogP) is 4.47. The first-order valence-electron chi connectivity index (χ1n) is 6.70. The molecule has 0 unspecified atom stereocenters. The van der Waals surface area contributed by atoms with Crippen LogP contribution >= 0.6 is 11.6 Å². The van der Waals surface area contributed by atoms with Gasteiger partial charge < -0.3 is 0 Å². The molecule has 1 heterocycles. The van der Waals surface area contributed by atoms with Crippen molar-refractivity contribution in [2.45, 2.75) is 6.92 Å². The summed E-state index contributed by atoms with van der Waals surface area (Å²) < 4.78 is 1.64. The first kappa shape index (κ1) is 13.7. The van der Waals surface area contributed by atoms with Gasteiger partial charge in [-0.05, 0) is 36.8 Å². The van der Waals surface area contributed by atoms with Crippen LogP contribution in [0.25, 0.3) is 16.8 Å². The summed E-state index contributed by atoms with van der Waals surface area (Å²) in [5.74, 6) is 0. The van der Waals surface area contributed by atoms with Crippen molar-refractivity contribution in [3.63, 3.8) is 0 Å². The Morgan fingerprint density at radius 2 is 1.76 bits per heavy atom. The van der Waals surface area contributed by atoms with Crippen LogP contribution in [0.2, 0.25) is 5.02 Å². The molecule has 0 amide bonds. The van der Waals surface area contributed by atoms with Crippen molar-refractivity contribution in [3.05, 3.63) is 87.8 Å². The maximum absolute atomic E-state index is 12.1. The standard InChI is InChI=1S/C18H14ClNO/c1-13-5-4-6-15(11-13)20-12-14(9-10-18(20)21)16-7-2-3-8-17(16)19/h2-12H,1H3. The van der Waals surface area contributed by atoms with Crippen molar-refractivity contribution in [2.75, 3.05) is 0 Å². The zero-order valence-corrected chi connectivity index (χ0v) is 12.3. The number of rotatable bonds is 2. The summed E-state index contributed by atoms with van der Waals surface area (Å²) in [6.07, 6.45) is 1.83. The molecule has 3 heteroatoms. The normalized spacial score (nSPS) is 10.6. The fourth-order valence-electron chi connectivity index (χ4n) is 2.32. The van der Waals surface area contributed by atoms with Crippen molar-refractivity contribution >= 4 is 11.6 Å². The molecule has 2 aromatic carbocycles. The number of benzene rings is 2. The summed E-state index contributed by atoms with van der Waals surface area (Å²) in [4.78, 5) is 12.1. The van der Waals surface area contributed by atoms with Gasteiger partial charge in [-0.3, -0.25) is 9.36 Å². The number of hydrogen-bond donors (Lipinski definition) is 0. The number of aryl methyl sites for hydroxylation is 1. The van der Waals surface area contributed by atoms with E-state index >= 15 is 0 Å². The second-order valence-corrected chi connectivity index (χ2v) is 5.35. The van der Waals surface area contributed by atoms with Crippen molar-refractivity contribution in [2.24, 2.45) is 0 Å². The Morgan fingerprint density at radius 1 is 0.952 bits per heavy atom. The summed E-state index contributed by atoms with van der Waals surface area (Å²) in [7, 11) is 0. The molecule has 1 aromatic heterocycles. The molecular formula is C18H14ClNO. The average molecular weight is 296 g/mol. The Hall–Kier alpha value is -2.32. The van der Waals surface area contributed by atoms with Crippen LogP contribution in [0.3, 0.4) is 0 Å². The van der Waals surface area contributed by atoms with E-state index in [2.05, 4.69) is 0 Å². The van der Waals surface area contributed by atoms with Gasteiger partial charge in [0.15, 0.2) is 0 Å². The molecular weight excluding hydrogens is 282 g/mol. The van der Waals surface area contributed by atoms with E-state index in [4.69, 9.17) is 11.6 Å². The van der Waals surface area contributed by atoms with Crippen LogP contribution in [0.4, 0.5) is 0 Å². The van der Waals surface area contributed by atoms with Gasteiger partial charge in [-0.2, -0.15) is 0 Å². The third-order valence-corrected chi connectivity index (χ3v) is 3.71. The lowest BCUT2D eigenvalue weighted by molar-refractivity contribution is 0.990. The number of nitrogens with zero attached hydrogens (tertiary/aromatic N) is 1. The van der Waals surface area contributed by atoms with Crippen molar-refractivity contribution in [1.29, 1.82) is 0 Å². The molecule has 0 saturated carbocycles. The highest BCUT2D eigenvalue weighted by atomic mass is 35.5. The smallest absolute Gasteiger partial charge is 0.255 e. The third-order valence-electron chi connectivity index (χ3n) is 3.38. The largest absolute Gasteiger partial charge is 0.284 e. The minimum atomic E-state index is -0.0589. The minimum absolute atomic E-state index is 0.0589. The molecule has 0 bridgehead atoms. The van der Waals surface area contributed by atoms with E-state index in [1.807, 2.05) is 61.7 Å². The second-order valence-electron chi connectivity index (χ2n) is 4.94. The number of pyridine rings is 1. The van der Waals surface area contributed by atoms with Gasteiger partial charge >= 0.3 is 0 Å². The predicted molar refractivity (Wildman–Crippen MR) is 87.2 cm³/mol. The number of aromatic nitrogens is 1. The number of halogens is 1. The Labute approximate surface area is 128 Å². The fraction of sp³-hybridized carbons (Fsp3) is 0.0556. The summed E-state index contributed by atoms with van der Waals surface area (Å²) in [6, 6.07) is 18.8. The van der Waals surface area contributed by atoms with Gasteiger partial charge in [0.1, 0.15) is 0 Å². The summed E-state index contributed by atoms with van der Waals surface area (Å²) in [5.41, 5.74) is 3.75. The van der Waals surface area contributed by atoms with Crippen LogP contribution in [-0.2, 0) is 0 Å². The molecule has 21 heavy (non-hydrogen) atoms. The van der Waals surface area contributed by atoms with Crippen LogP contribution in [0.1, 0.15) is 5.56 Å². The monoisotopic (exact) mass is 295 g/mol. The van der Waals surface area contributed by atoms with E-state index in [0.717, 1.165) is 22.4 Å². The summed E-state index contributed by atoms with van der Waals surface area (Å²) >= 11 is 6.23. The Bertz CT molecular complexity index is 852. The molecule has 0 radical (unpaired) electrons. The molecule has 0 atom stereocenters. The SMILES string of the molecule is Cc1cccc(-n2cc(-c3ccccc3Cl)ccc2=O)c1. The molecule has 104 valence electrons. The molecule has 3 rings (SSSR count). The zero-order valence-electron chi connectivity index (χ0n) is 11.6. The van der Waals surface area contributed by atoms with E-state index < -0.39 is 0 Å². The van der Waals surface area contributed by atoms with Crippen molar-refractivity contribution < 1.29 is 0 Å². The lowest BCUT2D eigenvalue weighted by Gasteiger charge is -2.10. The Morgan fingerprint density at radius 3 is 2.52 bits per heavy atom. The van der Waals surface area contributed by atoms with Gasteiger partial charge in [0.2, 0.25) is 0 Å². The van der Waals surface area contributed by atoms with Crippen LogP contribution in [0.15, 0.2) is 71.7 Å². The minimum Gasteiger partial charge on any atom is -0.284 e. The quantitative estimate of drug-likeness (QED) is 0.684. The van der Waals surface area contributed by atoms with E-state index in [1.54, 1.807) is 16.7 Å². The first-order chi connectivity index (χ1) is 10.1. The lowest BCUT2D eigenvalue weighted by atomic mass is 10.1. The number of hydrogen-bond acceptors (Lipinski definition) is 1. The molecule has 3 aromatic rings. The van der Waals surface area contributed by atoms with Gasteiger partial charge in [-0.25, -0.2) is 0 Å². The molecule has 0 N–H and O–H groups in total. The van der Waals surface area contributed by atoms with E-state index in [-0.39, 0.29) is 5.56 Å². The fourth-order valence-corrected chi connectivity index (χ4v) is 2.57. The topological polar surface area (TPSA) is 22.0 Å². The van der Waals surface area contributed by atoms with Gasteiger partial charge in [0.25, 0.3) is 5.56 Å². The maximum Gasteiger partial charge on any atom is 0.255 e.